The third-order valence-electron chi connectivity index (χ3n) is 3.52. The Morgan fingerprint density at radius 2 is 1.07 bits per heavy atom. The van der Waals surface area contributed by atoms with Gasteiger partial charge in [0.1, 0.15) is 0 Å². The molecular weight excluding hydrogens is 184 g/mol. The summed E-state index contributed by atoms with van der Waals surface area (Å²) in [7, 11) is 0. The summed E-state index contributed by atoms with van der Waals surface area (Å²) in [5.74, 6) is 1.37. The molecule has 4 unspecified atom stereocenters. The van der Waals surface area contributed by atoms with Crippen molar-refractivity contribution in [1.29, 1.82) is 0 Å². The zero-order chi connectivity index (χ0) is 11.8. The monoisotopic (exact) mass is 214 g/mol. The fourth-order valence-electron chi connectivity index (χ4n) is 1.99. The fourth-order valence-corrected chi connectivity index (χ4v) is 1.99. The highest BCUT2D eigenvalue weighted by Gasteiger charge is 2.18. The Hall–Kier alpha value is -0.0400. The predicted molar refractivity (Wildman–Crippen MR) is 68.2 cm³/mol. The first-order valence-corrected chi connectivity index (χ1v) is 6.68. The van der Waals surface area contributed by atoms with Crippen molar-refractivity contribution in [1.82, 2.24) is 0 Å². The van der Waals surface area contributed by atoms with Gasteiger partial charge in [-0.1, -0.05) is 40.5 Å². The summed E-state index contributed by atoms with van der Waals surface area (Å²) < 4.78 is 6.08. The maximum Gasteiger partial charge on any atom is 0.0576 e. The predicted octanol–water partition coefficient (Wildman–Crippen LogP) is 4.65. The molecule has 0 aromatic rings. The smallest absolute Gasteiger partial charge is 0.0576 e. The first-order valence-electron chi connectivity index (χ1n) is 6.68. The molecule has 0 saturated heterocycles. The summed E-state index contributed by atoms with van der Waals surface area (Å²) in [6.07, 6.45) is 5.87. The second-order valence-corrected chi connectivity index (χ2v) is 5.08. The van der Waals surface area contributed by atoms with E-state index in [0.717, 1.165) is 0 Å². The molecule has 0 aliphatic heterocycles. The maximum absolute atomic E-state index is 6.08. The third-order valence-corrected chi connectivity index (χ3v) is 3.52. The van der Waals surface area contributed by atoms with Crippen LogP contribution in [0.15, 0.2) is 0 Å². The summed E-state index contributed by atoms with van der Waals surface area (Å²) in [6, 6.07) is 0. The van der Waals surface area contributed by atoms with Gasteiger partial charge in [-0.3, -0.25) is 0 Å². The largest absolute Gasteiger partial charge is 0.375 e. The second kappa shape index (κ2) is 8.15. The topological polar surface area (TPSA) is 9.23 Å². The Kier molecular flexibility index (Phi) is 8.13. The van der Waals surface area contributed by atoms with Gasteiger partial charge in [-0.05, 0) is 38.5 Å². The molecule has 0 saturated carbocycles. The summed E-state index contributed by atoms with van der Waals surface area (Å²) in [5, 5.41) is 0. The first-order chi connectivity index (χ1) is 7.02. The fraction of sp³-hybridized carbons (Fsp3) is 1.00. The van der Waals surface area contributed by atoms with Crippen molar-refractivity contribution in [3.05, 3.63) is 0 Å². The summed E-state index contributed by atoms with van der Waals surface area (Å²) in [5.41, 5.74) is 0. The van der Waals surface area contributed by atoms with Gasteiger partial charge in [0, 0.05) is 0 Å². The van der Waals surface area contributed by atoms with E-state index in [1.807, 2.05) is 0 Å². The Morgan fingerprint density at radius 3 is 1.33 bits per heavy atom. The van der Waals surface area contributed by atoms with Crippen molar-refractivity contribution < 1.29 is 4.74 Å². The van der Waals surface area contributed by atoms with Crippen molar-refractivity contribution >= 4 is 0 Å². The number of hydrogen-bond donors (Lipinski definition) is 0. The van der Waals surface area contributed by atoms with Crippen LogP contribution in [0.25, 0.3) is 0 Å². The minimum Gasteiger partial charge on any atom is -0.375 e. The van der Waals surface area contributed by atoms with Gasteiger partial charge >= 0.3 is 0 Å². The second-order valence-electron chi connectivity index (χ2n) is 5.08. The Balaban J connectivity index is 3.88. The molecule has 1 nitrogen and oxygen atoms in total. The van der Waals surface area contributed by atoms with Crippen molar-refractivity contribution in [2.24, 2.45) is 11.8 Å². The molecule has 0 radical (unpaired) electrons. The highest BCUT2D eigenvalue weighted by molar-refractivity contribution is 4.66. The summed E-state index contributed by atoms with van der Waals surface area (Å²) in [6.45, 7) is 13.5. The quantitative estimate of drug-likeness (QED) is 0.571. The summed E-state index contributed by atoms with van der Waals surface area (Å²) in [4.78, 5) is 0. The minimum atomic E-state index is 0.402. The van der Waals surface area contributed by atoms with E-state index in [0.29, 0.717) is 24.0 Å². The number of ether oxygens (including phenoxy) is 1. The van der Waals surface area contributed by atoms with E-state index < -0.39 is 0 Å². The van der Waals surface area contributed by atoms with E-state index in [2.05, 4.69) is 41.5 Å². The van der Waals surface area contributed by atoms with Gasteiger partial charge in [0.15, 0.2) is 0 Å². The molecule has 0 rings (SSSR count). The molecule has 15 heavy (non-hydrogen) atoms. The van der Waals surface area contributed by atoms with Crippen molar-refractivity contribution in [3.8, 4) is 0 Å². The van der Waals surface area contributed by atoms with Crippen LogP contribution in [-0.4, -0.2) is 12.2 Å². The molecule has 0 bridgehead atoms. The third kappa shape index (κ3) is 6.19. The first kappa shape index (κ1) is 15.0. The molecule has 0 fully saturated rings. The molecule has 0 aliphatic rings. The lowest BCUT2D eigenvalue weighted by Gasteiger charge is -2.27. The van der Waals surface area contributed by atoms with Gasteiger partial charge in [-0.25, -0.2) is 0 Å². The molecule has 0 N–H and O–H groups in total. The van der Waals surface area contributed by atoms with Crippen LogP contribution in [0, 0.1) is 11.8 Å². The van der Waals surface area contributed by atoms with E-state index in [1.54, 1.807) is 0 Å². The van der Waals surface area contributed by atoms with E-state index >= 15 is 0 Å². The van der Waals surface area contributed by atoms with Crippen LogP contribution in [0.4, 0.5) is 0 Å². The SMILES string of the molecule is CCCC(C)C(C)OC(C)C(C)CCC. The average molecular weight is 214 g/mol. The van der Waals surface area contributed by atoms with Gasteiger partial charge in [-0.2, -0.15) is 0 Å². The number of rotatable bonds is 8. The van der Waals surface area contributed by atoms with Crippen molar-refractivity contribution in [3.63, 3.8) is 0 Å². The molecule has 0 heterocycles. The van der Waals surface area contributed by atoms with Crippen LogP contribution in [0.1, 0.15) is 67.2 Å². The zero-order valence-electron chi connectivity index (χ0n) is 11.5. The van der Waals surface area contributed by atoms with E-state index in [-0.39, 0.29) is 0 Å². The molecule has 0 aromatic heterocycles. The Morgan fingerprint density at radius 1 is 0.733 bits per heavy atom. The van der Waals surface area contributed by atoms with E-state index in [9.17, 15) is 0 Å². The minimum absolute atomic E-state index is 0.402. The van der Waals surface area contributed by atoms with Gasteiger partial charge < -0.3 is 4.74 Å². The standard InChI is InChI=1S/C14H30O/c1-7-9-11(3)13(5)15-14(6)12(4)10-8-2/h11-14H,7-10H2,1-6H3. The molecule has 92 valence electrons. The highest BCUT2D eigenvalue weighted by atomic mass is 16.5. The van der Waals surface area contributed by atoms with Gasteiger partial charge in [0.05, 0.1) is 12.2 Å². The van der Waals surface area contributed by atoms with Crippen LogP contribution in [0.5, 0.6) is 0 Å². The normalized spacial score (nSPS) is 19.6. The lowest BCUT2D eigenvalue weighted by Crippen LogP contribution is -2.27. The van der Waals surface area contributed by atoms with Crippen LogP contribution < -0.4 is 0 Å². The maximum atomic E-state index is 6.08. The van der Waals surface area contributed by atoms with E-state index in [4.69, 9.17) is 4.74 Å². The van der Waals surface area contributed by atoms with Gasteiger partial charge in [-0.15, -0.1) is 0 Å². The van der Waals surface area contributed by atoms with Crippen LogP contribution in [0.3, 0.4) is 0 Å². The lowest BCUT2D eigenvalue weighted by atomic mass is 9.98. The Labute approximate surface area is 96.6 Å². The van der Waals surface area contributed by atoms with Crippen LogP contribution in [-0.2, 0) is 4.74 Å². The van der Waals surface area contributed by atoms with Gasteiger partial charge in [0.2, 0.25) is 0 Å². The van der Waals surface area contributed by atoms with E-state index in [1.165, 1.54) is 25.7 Å². The Bertz CT molecular complexity index is 128. The average Bonchev–Trinajstić information content (AvgIpc) is 2.18. The highest BCUT2D eigenvalue weighted by Crippen LogP contribution is 2.20. The molecule has 4 atom stereocenters. The van der Waals surface area contributed by atoms with Crippen LogP contribution in [0.2, 0.25) is 0 Å². The van der Waals surface area contributed by atoms with Crippen molar-refractivity contribution in [2.45, 2.75) is 79.4 Å². The molecular formula is C14H30O. The molecule has 0 spiro atoms. The molecule has 0 amide bonds. The lowest BCUT2D eigenvalue weighted by molar-refractivity contribution is -0.0467. The zero-order valence-corrected chi connectivity index (χ0v) is 11.5. The van der Waals surface area contributed by atoms with Crippen molar-refractivity contribution in [2.75, 3.05) is 0 Å². The van der Waals surface area contributed by atoms with Gasteiger partial charge in [0.25, 0.3) is 0 Å². The summed E-state index contributed by atoms with van der Waals surface area (Å²) >= 11 is 0. The molecule has 1 heteroatoms. The molecule has 0 aliphatic carbocycles. The number of hydrogen-bond acceptors (Lipinski definition) is 1. The van der Waals surface area contributed by atoms with Crippen LogP contribution >= 0.6 is 0 Å². The molecule has 0 aromatic carbocycles.